The number of methoxy groups -OCH3 is 1. The third-order valence-electron chi connectivity index (χ3n) is 2.66. The van der Waals surface area contributed by atoms with Crippen molar-refractivity contribution in [2.45, 2.75) is 0 Å². The highest BCUT2D eigenvalue weighted by atomic mass is 35.5. The van der Waals surface area contributed by atoms with Gasteiger partial charge in [-0.2, -0.15) is 0 Å². The number of hydrogen-bond donors (Lipinski definition) is 2. The molecule has 0 saturated carbocycles. The molecule has 3 N–H and O–H groups in total. The lowest BCUT2D eigenvalue weighted by molar-refractivity contribution is 0.102. The Morgan fingerprint density at radius 2 is 2.05 bits per heavy atom. The van der Waals surface area contributed by atoms with E-state index < -0.39 is 11.7 Å². The lowest BCUT2D eigenvalue weighted by Gasteiger charge is -2.09. The molecule has 0 saturated heterocycles. The van der Waals surface area contributed by atoms with Gasteiger partial charge in [0.2, 0.25) is 0 Å². The van der Waals surface area contributed by atoms with Crippen molar-refractivity contribution in [2.24, 2.45) is 0 Å². The lowest BCUT2D eigenvalue weighted by Crippen LogP contribution is -2.12. The predicted molar refractivity (Wildman–Crippen MR) is 76.8 cm³/mol. The van der Waals surface area contributed by atoms with Crippen LogP contribution in [0.25, 0.3) is 0 Å². The number of carbonyl (C=O) groups is 1. The number of nitrogens with two attached hydrogens (primary N) is 1. The number of ether oxygens (including phenoxy) is 1. The molecule has 2 aromatic carbocycles. The highest BCUT2D eigenvalue weighted by Gasteiger charge is 2.12. The summed E-state index contributed by atoms with van der Waals surface area (Å²) in [5.74, 6) is -0.428. The van der Waals surface area contributed by atoms with Crippen LogP contribution in [0.4, 0.5) is 15.8 Å². The molecule has 20 heavy (non-hydrogen) atoms. The summed E-state index contributed by atoms with van der Waals surface area (Å²) in [6.07, 6.45) is 0. The van der Waals surface area contributed by atoms with E-state index in [0.29, 0.717) is 17.1 Å². The minimum atomic E-state index is -0.500. The normalized spacial score (nSPS) is 10.2. The average Bonchev–Trinajstić information content (AvgIpc) is 2.38. The van der Waals surface area contributed by atoms with Crippen molar-refractivity contribution in [3.8, 4) is 5.75 Å². The first-order chi connectivity index (χ1) is 9.51. The van der Waals surface area contributed by atoms with Crippen molar-refractivity contribution in [3.05, 3.63) is 52.8 Å². The number of nitrogen functional groups attached to an aromatic ring is 1. The fourth-order valence-corrected chi connectivity index (χ4v) is 1.94. The van der Waals surface area contributed by atoms with Gasteiger partial charge in [-0.15, -0.1) is 0 Å². The molecule has 0 aromatic heterocycles. The van der Waals surface area contributed by atoms with Crippen LogP contribution in [0.2, 0.25) is 5.02 Å². The first-order valence-electron chi connectivity index (χ1n) is 5.71. The van der Waals surface area contributed by atoms with Gasteiger partial charge in [0.15, 0.2) is 0 Å². The van der Waals surface area contributed by atoms with Gasteiger partial charge in [-0.1, -0.05) is 11.6 Å². The molecule has 0 heterocycles. The van der Waals surface area contributed by atoms with Crippen molar-refractivity contribution >= 4 is 28.9 Å². The van der Waals surface area contributed by atoms with Gasteiger partial charge in [0, 0.05) is 5.69 Å². The van der Waals surface area contributed by atoms with Gasteiger partial charge in [-0.3, -0.25) is 4.79 Å². The summed E-state index contributed by atoms with van der Waals surface area (Å²) >= 11 is 5.82. The molecular weight excluding hydrogens is 283 g/mol. The largest absolute Gasteiger partial charge is 0.495 e. The first kappa shape index (κ1) is 14.1. The van der Waals surface area contributed by atoms with Crippen molar-refractivity contribution in [1.29, 1.82) is 0 Å². The van der Waals surface area contributed by atoms with Crippen molar-refractivity contribution < 1.29 is 13.9 Å². The maximum Gasteiger partial charge on any atom is 0.257 e. The highest BCUT2D eigenvalue weighted by molar-refractivity contribution is 6.34. The van der Waals surface area contributed by atoms with Gasteiger partial charge in [-0.05, 0) is 36.4 Å². The van der Waals surface area contributed by atoms with Crippen LogP contribution in [0.3, 0.4) is 0 Å². The summed E-state index contributed by atoms with van der Waals surface area (Å²) in [5, 5.41) is 2.67. The Labute approximate surface area is 120 Å². The van der Waals surface area contributed by atoms with E-state index in [4.69, 9.17) is 22.1 Å². The monoisotopic (exact) mass is 294 g/mol. The second-order valence-electron chi connectivity index (χ2n) is 4.04. The second-order valence-corrected chi connectivity index (χ2v) is 4.44. The molecule has 0 aliphatic rings. The van der Waals surface area contributed by atoms with E-state index in [1.165, 1.54) is 19.2 Å². The molecule has 0 aliphatic carbocycles. The van der Waals surface area contributed by atoms with Gasteiger partial charge >= 0.3 is 0 Å². The Kier molecular flexibility index (Phi) is 4.10. The summed E-state index contributed by atoms with van der Waals surface area (Å²) in [4.78, 5) is 12.0. The number of benzene rings is 2. The van der Waals surface area contributed by atoms with Crippen molar-refractivity contribution in [3.63, 3.8) is 0 Å². The van der Waals surface area contributed by atoms with E-state index in [0.717, 1.165) is 6.07 Å². The lowest BCUT2D eigenvalue weighted by atomic mass is 10.2. The van der Waals surface area contributed by atoms with Crippen LogP contribution in [-0.4, -0.2) is 13.0 Å². The number of rotatable bonds is 3. The molecule has 2 rings (SSSR count). The molecular formula is C14H12ClFN2O2. The maximum atomic E-state index is 12.9. The molecule has 0 aliphatic heterocycles. The molecule has 0 spiro atoms. The van der Waals surface area contributed by atoms with Gasteiger partial charge < -0.3 is 15.8 Å². The highest BCUT2D eigenvalue weighted by Crippen LogP contribution is 2.25. The summed E-state index contributed by atoms with van der Waals surface area (Å²) in [7, 11) is 1.50. The van der Waals surface area contributed by atoms with E-state index in [2.05, 4.69) is 5.32 Å². The topological polar surface area (TPSA) is 64.3 Å². The van der Waals surface area contributed by atoms with Crippen LogP contribution < -0.4 is 15.8 Å². The minimum Gasteiger partial charge on any atom is -0.495 e. The van der Waals surface area contributed by atoms with Crippen LogP contribution in [-0.2, 0) is 0 Å². The fourth-order valence-electron chi connectivity index (χ4n) is 1.68. The van der Waals surface area contributed by atoms with Crippen LogP contribution >= 0.6 is 11.6 Å². The molecule has 0 radical (unpaired) electrons. The van der Waals surface area contributed by atoms with Crippen LogP contribution in [0.5, 0.6) is 5.75 Å². The number of amides is 1. The van der Waals surface area contributed by atoms with Crippen molar-refractivity contribution in [2.75, 3.05) is 18.2 Å². The molecule has 0 bridgehead atoms. The summed E-state index contributed by atoms with van der Waals surface area (Å²) in [6.45, 7) is 0. The zero-order valence-corrected chi connectivity index (χ0v) is 11.4. The van der Waals surface area contributed by atoms with Crippen LogP contribution in [0, 0.1) is 5.82 Å². The molecule has 4 nitrogen and oxygen atoms in total. The van der Waals surface area contributed by atoms with E-state index in [1.807, 2.05) is 0 Å². The smallest absolute Gasteiger partial charge is 0.257 e. The predicted octanol–water partition coefficient (Wildman–Crippen LogP) is 3.32. The zero-order valence-electron chi connectivity index (χ0n) is 10.6. The zero-order chi connectivity index (χ0) is 14.7. The Bertz CT molecular complexity index is 662. The SMILES string of the molecule is COc1ccc(NC(=O)c2ccc(F)cc2Cl)cc1N. The molecule has 0 fully saturated rings. The van der Waals surface area contributed by atoms with E-state index in [9.17, 15) is 9.18 Å². The summed E-state index contributed by atoms with van der Waals surface area (Å²) < 4.78 is 17.9. The van der Waals surface area contributed by atoms with Gasteiger partial charge in [0.25, 0.3) is 5.91 Å². The fraction of sp³-hybridized carbons (Fsp3) is 0.0714. The Morgan fingerprint density at radius 1 is 1.30 bits per heavy atom. The number of hydrogen-bond acceptors (Lipinski definition) is 3. The number of anilines is 2. The summed E-state index contributed by atoms with van der Waals surface area (Å²) in [5.41, 5.74) is 6.82. The Morgan fingerprint density at radius 3 is 2.65 bits per heavy atom. The maximum absolute atomic E-state index is 12.9. The summed E-state index contributed by atoms with van der Waals surface area (Å²) in [6, 6.07) is 8.41. The Hall–Kier alpha value is -2.27. The molecule has 104 valence electrons. The quantitative estimate of drug-likeness (QED) is 0.854. The molecule has 0 atom stereocenters. The minimum absolute atomic E-state index is 0.0454. The van der Waals surface area contributed by atoms with E-state index in [1.54, 1.807) is 18.2 Å². The third kappa shape index (κ3) is 3.00. The standard InChI is InChI=1S/C14H12ClFN2O2/c1-20-13-5-3-9(7-12(13)17)18-14(19)10-4-2-8(16)6-11(10)15/h2-7H,17H2,1H3,(H,18,19). The van der Waals surface area contributed by atoms with E-state index in [-0.39, 0.29) is 10.6 Å². The van der Waals surface area contributed by atoms with Gasteiger partial charge in [0.05, 0.1) is 23.4 Å². The molecule has 0 unspecified atom stereocenters. The average molecular weight is 295 g/mol. The van der Waals surface area contributed by atoms with Crippen LogP contribution in [0.15, 0.2) is 36.4 Å². The number of nitrogens with one attached hydrogen (secondary N) is 1. The van der Waals surface area contributed by atoms with Gasteiger partial charge in [-0.25, -0.2) is 4.39 Å². The number of carbonyl (C=O) groups excluding carboxylic acids is 1. The molecule has 2 aromatic rings. The second kappa shape index (κ2) is 5.79. The number of halogens is 2. The molecule has 6 heteroatoms. The van der Waals surface area contributed by atoms with E-state index >= 15 is 0 Å². The van der Waals surface area contributed by atoms with Crippen LogP contribution in [0.1, 0.15) is 10.4 Å². The first-order valence-corrected chi connectivity index (χ1v) is 6.09. The Balaban J connectivity index is 2.21. The van der Waals surface area contributed by atoms with Crippen molar-refractivity contribution in [1.82, 2.24) is 0 Å². The third-order valence-corrected chi connectivity index (χ3v) is 2.98. The van der Waals surface area contributed by atoms with Gasteiger partial charge in [0.1, 0.15) is 11.6 Å². The molecule has 1 amide bonds.